The Balaban J connectivity index is 1.55. The zero-order valence-corrected chi connectivity index (χ0v) is 14.8. The van der Waals surface area contributed by atoms with Crippen LogP contribution in [-0.2, 0) is 0 Å². The Morgan fingerprint density at radius 2 is 1.92 bits per heavy atom. The second-order valence-corrected chi connectivity index (χ2v) is 7.25. The van der Waals surface area contributed by atoms with Crippen molar-refractivity contribution in [3.05, 3.63) is 60.3 Å². The largest absolute Gasteiger partial charge is 0.508 e. The number of aromatic nitrogens is 2. The number of rotatable bonds is 6. The summed E-state index contributed by atoms with van der Waals surface area (Å²) in [5.74, 6) is -0.287. The van der Waals surface area contributed by atoms with E-state index in [0.29, 0.717) is 6.04 Å². The molecule has 2 aromatic carbocycles. The van der Waals surface area contributed by atoms with E-state index < -0.39 is 0 Å². The lowest BCUT2D eigenvalue weighted by Crippen LogP contribution is -2.05. The predicted octanol–water partition coefficient (Wildman–Crippen LogP) is 4.27. The van der Waals surface area contributed by atoms with Crippen molar-refractivity contribution in [1.29, 1.82) is 0 Å². The van der Waals surface area contributed by atoms with Gasteiger partial charge in [0, 0.05) is 12.1 Å². The summed E-state index contributed by atoms with van der Waals surface area (Å²) in [5.41, 5.74) is 2.39. The molecule has 1 heterocycles. The van der Waals surface area contributed by atoms with Gasteiger partial charge in [0.2, 0.25) is 0 Å². The van der Waals surface area contributed by atoms with Gasteiger partial charge in [0.05, 0.1) is 23.2 Å². The molecule has 6 heteroatoms. The maximum absolute atomic E-state index is 12.4. The van der Waals surface area contributed by atoms with Crippen molar-refractivity contribution < 1.29 is 15.0 Å². The summed E-state index contributed by atoms with van der Waals surface area (Å²) >= 11 is 1.38. The first-order valence-corrected chi connectivity index (χ1v) is 9.42. The molecular weight excluding hydrogens is 348 g/mol. The van der Waals surface area contributed by atoms with Crippen LogP contribution in [0.15, 0.2) is 59.9 Å². The van der Waals surface area contributed by atoms with Crippen LogP contribution in [0.3, 0.4) is 0 Å². The fourth-order valence-corrected chi connectivity index (χ4v) is 3.85. The molecule has 1 saturated carbocycles. The molecule has 1 aliphatic carbocycles. The summed E-state index contributed by atoms with van der Waals surface area (Å²) < 4.78 is 2.21. The number of hydrogen-bond acceptors (Lipinski definition) is 5. The van der Waals surface area contributed by atoms with Crippen LogP contribution in [0.2, 0.25) is 0 Å². The Morgan fingerprint density at radius 3 is 2.62 bits per heavy atom. The zero-order valence-electron chi connectivity index (χ0n) is 14.0. The highest BCUT2D eigenvalue weighted by atomic mass is 32.2. The maximum Gasteiger partial charge on any atom is 0.176 e. The van der Waals surface area contributed by atoms with Gasteiger partial charge in [-0.25, -0.2) is 4.98 Å². The molecule has 1 aromatic heterocycles. The molecule has 1 aliphatic rings. The fourth-order valence-electron chi connectivity index (χ4n) is 2.92. The number of nitrogens with zero attached hydrogens (tertiary/aromatic N) is 2. The Labute approximate surface area is 155 Å². The summed E-state index contributed by atoms with van der Waals surface area (Å²) in [7, 11) is 0. The molecule has 0 amide bonds. The Bertz CT molecular complexity index is 949. The van der Waals surface area contributed by atoms with Gasteiger partial charge in [-0.2, -0.15) is 0 Å². The number of aromatic hydroxyl groups is 2. The number of Topliss-reactive ketones (excluding diaryl/α,β-unsaturated/α-hetero) is 1. The summed E-state index contributed by atoms with van der Waals surface area (Å²) in [4.78, 5) is 17.0. The quantitative estimate of drug-likeness (QED) is 0.503. The van der Waals surface area contributed by atoms with Crippen molar-refractivity contribution in [3.8, 4) is 22.8 Å². The van der Waals surface area contributed by atoms with Gasteiger partial charge in [0.15, 0.2) is 10.9 Å². The van der Waals surface area contributed by atoms with Gasteiger partial charge in [-0.1, -0.05) is 42.1 Å². The van der Waals surface area contributed by atoms with E-state index in [1.54, 1.807) is 0 Å². The highest BCUT2D eigenvalue weighted by Crippen LogP contribution is 2.42. The monoisotopic (exact) mass is 366 g/mol. The topological polar surface area (TPSA) is 75.4 Å². The van der Waals surface area contributed by atoms with Crippen LogP contribution < -0.4 is 0 Å². The molecular formula is C20H18N2O3S. The molecule has 0 bridgehead atoms. The first kappa shape index (κ1) is 16.7. The third-order valence-electron chi connectivity index (χ3n) is 4.36. The van der Waals surface area contributed by atoms with Crippen LogP contribution in [0.1, 0.15) is 29.2 Å². The second kappa shape index (κ2) is 6.88. The van der Waals surface area contributed by atoms with Gasteiger partial charge in [0.1, 0.15) is 11.5 Å². The van der Waals surface area contributed by atoms with E-state index in [4.69, 9.17) is 0 Å². The summed E-state index contributed by atoms with van der Waals surface area (Å²) in [6.07, 6.45) is 4.10. The Kier molecular flexibility index (Phi) is 4.42. The minimum Gasteiger partial charge on any atom is -0.508 e. The van der Waals surface area contributed by atoms with Crippen molar-refractivity contribution in [3.63, 3.8) is 0 Å². The predicted molar refractivity (Wildman–Crippen MR) is 101 cm³/mol. The molecule has 5 nitrogen and oxygen atoms in total. The van der Waals surface area contributed by atoms with Crippen LogP contribution in [0.25, 0.3) is 11.3 Å². The van der Waals surface area contributed by atoms with E-state index in [1.165, 1.54) is 30.0 Å². The number of ketones is 1. The van der Waals surface area contributed by atoms with Crippen molar-refractivity contribution in [2.24, 2.45) is 0 Å². The number of hydrogen-bond donors (Lipinski definition) is 2. The van der Waals surface area contributed by atoms with Crippen LogP contribution in [0.5, 0.6) is 11.5 Å². The molecule has 132 valence electrons. The SMILES string of the molecule is O=C(CSc1ncc(-c2ccccc2)n1C1CC1)c1ccc(O)cc1O. The van der Waals surface area contributed by atoms with Crippen LogP contribution >= 0.6 is 11.8 Å². The molecule has 0 saturated heterocycles. The molecule has 1 fully saturated rings. The number of carbonyl (C=O) groups is 1. The first-order valence-electron chi connectivity index (χ1n) is 8.44. The van der Waals surface area contributed by atoms with Gasteiger partial charge in [-0.05, 0) is 30.5 Å². The molecule has 0 atom stereocenters. The van der Waals surface area contributed by atoms with E-state index in [1.807, 2.05) is 24.4 Å². The normalized spacial score (nSPS) is 13.7. The minimum atomic E-state index is -0.203. The van der Waals surface area contributed by atoms with Crippen molar-refractivity contribution in [2.45, 2.75) is 24.0 Å². The van der Waals surface area contributed by atoms with Gasteiger partial charge in [-0.3, -0.25) is 4.79 Å². The lowest BCUT2D eigenvalue weighted by atomic mass is 10.1. The number of thioether (sulfide) groups is 1. The molecule has 2 N–H and O–H groups in total. The molecule has 3 aromatic rings. The smallest absolute Gasteiger partial charge is 0.176 e. The summed E-state index contributed by atoms with van der Waals surface area (Å²) in [5, 5.41) is 20.0. The lowest BCUT2D eigenvalue weighted by molar-refractivity contribution is 0.102. The molecule has 4 rings (SSSR count). The van der Waals surface area contributed by atoms with Crippen molar-refractivity contribution in [2.75, 3.05) is 5.75 Å². The number of carbonyl (C=O) groups excluding carboxylic acids is 1. The Hall–Kier alpha value is -2.73. The molecule has 0 radical (unpaired) electrons. The molecule has 26 heavy (non-hydrogen) atoms. The van der Waals surface area contributed by atoms with Crippen molar-refractivity contribution in [1.82, 2.24) is 9.55 Å². The van der Waals surface area contributed by atoms with E-state index in [-0.39, 0.29) is 28.6 Å². The minimum absolute atomic E-state index is 0.0662. The van der Waals surface area contributed by atoms with Crippen molar-refractivity contribution >= 4 is 17.5 Å². The number of phenolic OH excluding ortho intramolecular Hbond substituents is 2. The number of imidazole rings is 1. The molecule has 0 aliphatic heterocycles. The first-order chi connectivity index (χ1) is 12.6. The zero-order chi connectivity index (χ0) is 18.1. The van der Waals surface area contributed by atoms with Crippen LogP contribution in [-0.4, -0.2) is 31.3 Å². The van der Waals surface area contributed by atoms with Gasteiger partial charge in [0.25, 0.3) is 0 Å². The molecule has 0 spiro atoms. The third-order valence-corrected chi connectivity index (χ3v) is 5.33. The van der Waals surface area contributed by atoms with Crippen LogP contribution in [0.4, 0.5) is 0 Å². The molecule has 0 unspecified atom stereocenters. The highest BCUT2D eigenvalue weighted by molar-refractivity contribution is 7.99. The van der Waals surface area contributed by atoms with E-state index in [9.17, 15) is 15.0 Å². The van der Waals surface area contributed by atoms with Gasteiger partial charge < -0.3 is 14.8 Å². The fraction of sp³-hybridized carbons (Fsp3) is 0.200. The highest BCUT2D eigenvalue weighted by Gasteiger charge is 2.29. The van der Waals surface area contributed by atoms with Gasteiger partial charge >= 0.3 is 0 Å². The van der Waals surface area contributed by atoms with Gasteiger partial charge in [-0.15, -0.1) is 0 Å². The van der Waals surface area contributed by atoms with E-state index in [2.05, 4.69) is 21.7 Å². The Morgan fingerprint density at radius 1 is 1.15 bits per heavy atom. The average Bonchev–Trinajstić information content (AvgIpc) is 3.39. The number of benzene rings is 2. The average molecular weight is 366 g/mol. The summed E-state index contributed by atoms with van der Waals surface area (Å²) in [6.45, 7) is 0. The second-order valence-electron chi connectivity index (χ2n) is 6.31. The number of phenols is 2. The third kappa shape index (κ3) is 3.32. The van der Waals surface area contributed by atoms with E-state index in [0.717, 1.165) is 29.3 Å². The standard InChI is InChI=1S/C20H18N2O3S/c23-15-8-9-16(18(24)10-15)19(25)12-26-20-21-11-17(22(20)14-6-7-14)13-4-2-1-3-5-13/h1-5,8-11,14,23-24H,6-7,12H2. The van der Waals surface area contributed by atoms with Crippen LogP contribution in [0, 0.1) is 0 Å². The van der Waals surface area contributed by atoms with E-state index >= 15 is 0 Å². The lowest BCUT2D eigenvalue weighted by Gasteiger charge is -2.11. The maximum atomic E-state index is 12.4. The summed E-state index contributed by atoms with van der Waals surface area (Å²) in [6, 6.07) is 14.6.